The van der Waals surface area contributed by atoms with Crippen LogP contribution in [-0.2, 0) is 55.7 Å². The van der Waals surface area contributed by atoms with E-state index in [0.29, 0.717) is 24.2 Å². The number of ether oxygens (including phenoxy) is 6. The van der Waals surface area contributed by atoms with Gasteiger partial charge in [0, 0.05) is 39.0 Å². The van der Waals surface area contributed by atoms with Crippen LogP contribution in [0, 0.1) is 16.0 Å². The van der Waals surface area contributed by atoms with Gasteiger partial charge in [0.1, 0.15) is 29.2 Å². The molecule has 1 aliphatic heterocycles. The van der Waals surface area contributed by atoms with E-state index >= 15 is 0 Å². The van der Waals surface area contributed by atoms with Crippen LogP contribution in [0.5, 0.6) is 5.75 Å². The van der Waals surface area contributed by atoms with Gasteiger partial charge in [-0.2, -0.15) is 5.26 Å². The third-order valence-corrected chi connectivity index (χ3v) is 7.58. The Balaban J connectivity index is 1.96. The van der Waals surface area contributed by atoms with Crippen LogP contribution in [0.25, 0.3) is 11.1 Å². The lowest BCUT2D eigenvalue weighted by Gasteiger charge is -2.45. The number of hydrogen-bond acceptors (Lipinski definition) is 12. The highest BCUT2D eigenvalue weighted by molar-refractivity contribution is 7.71. The molecule has 0 spiro atoms. The zero-order valence-electron chi connectivity index (χ0n) is 24.4. The number of aromatic nitrogens is 1. The molecule has 5 atom stereocenters. The van der Waals surface area contributed by atoms with Crippen LogP contribution in [0.4, 0.5) is 0 Å². The van der Waals surface area contributed by atoms with Crippen molar-refractivity contribution in [2.75, 3.05) is 13.7 Å². The van der Waals surface area contributed by atoms with Crippen molar-refractivity contribution in [2.45, 2.75) is 77.6 Å². The number of carbonyl (C=O) groups excluding carboxylic acids is 4. The molecule has 2 heterocycles. The molecule has 1 fully saturated rings. The minimum Gasteiger partial charge on any atom is -0.497 e. The maximum absolute atomic E-state index is 12.4. The summed E-state index contributed by atoms with van der Waals surface area (Å²) in [5.41, 5.74) is 3.27. The zero-order chi connectivity index (χ0) is 31.4. The molecule has 0 bridgehead atoms. The molecule has 0 saturated carbocycles. The fourth-order valence-corrected chi connectivity index (χ4v) is 5.99. The van der Waals surface area contributed by atoms with Crippen LogP contribution >= 0.6 is 12.2 Å². The summed E-state index contributed by atoms with van der Waals surface area (Å²) in [5, 5.41) is 10.4. The summed E-state index contributed by atoms with van der Waals surface area (Å²) in [4.78, 5) is 48.5. The van der Waals surface area contributed by atoms with Crippen LogP contribution in [0.15, 0.2) is 24.3 Å². The first-order chi connectivity index (χ1) is 20.5. The highest BCUT2D eigenvalue weighted by atomic mass is 32.1. The van der Waals surface area contributed by atoms with E-state index < -0.39 is 54.5 Å². The largest absolute Gasteiger partial charge is 0.497 e. The van der Waals surface area contributed by atoms with Crippen LogP contribution in [0.3, 0.4) is 0 Å². The maximum atomic E-state index is 12.4. The number of esters is 4. The zero-order valence-corrected chi connectivity index (χ0v) is 25.2. The molecular formula is C30H32N2O10S. The van der Waals surface area contributed by atoms with E-state index in [4.69, 9.17) is 40.6 Å². The minimum absolute atomic E-state index is 0.106. The Kier molecular flexibility index (Phi) is 9.83. The van der Waals surface area contributed by atoms with Crippen molar-refractivity contribution < 1.29 is 47.6 Å². The molecule has 4 rings (SSSR count). The summed E-state index contributed by atoms with van der Waals surface area (Å²) in [6, 6.07) is 9.52. The highest BCUT2D eigenvalue weighted by Gasteiger charge is 2.53. The van der Waals surface area contributed by atoms with Crippen LogP contribution in [-0.4, -0.2) is 66.6 Å². The molecular weight excluding hydrogens is 580 g/mol. The quantitative estimate of drug-likeness (QED) is 0.244. The summed E-state index contributed by atoms with van der Waals surface area (Å²) in [6.45, 7) is 4.30. The molecule has 1 aromatic heterocycles. The van der Waals surface area contributed by atoms with Crippen molar-refractivity contribution in [1.29, 1.82) is 5.26 Å². The van der Waals surface area contributed by atoms with Gasteiger partial charge in [-0.15, -0.1) is 0 Å². The van der Waals surface area contributed by atoms with Crippen LogP contribution < -0.4 is 4.74 Å². The second kappa shape index (κ2) is 13.4. The first-order valence-corrected chi connectivity index (χ1v) is 14.0. The Bertz CT molecular complexity index is 1530. The third-order valence-electron chi connectivity index (χ3n) is 7.18. The Hall–Kier alpha value is -4.28. The van der Waals surface area contributed by atoms with Gasteiger partial charge in [-0.3, -0.25) is 19.2 Å². The number of methoxy groups -OCH3 is 1. The van der Waals surface area contributed by atoms with Crippen LogP contribution in [0.1, 0.15) is 57.2 Å². The molecule has 1 aromatic carbocycles. The fraction of sp³-hybridized carbons (Fsp3) is 0.467. The monoisotopic (exact) mass is 612 g/mol. The first-order valence-electron chi connectivity index (χ1n) is 13.6. The molecule has 13 heteroatoms. The Morgan fingerprint density at radius 1 is 0.930 bits per heavy atom. The van der Waals surface area contributed by atoms with Crippen LogP contribution in [0.2, 0.25) is 0 Å². The van der Waals surface area contributed by atoms with Gasteiger partial charge >= 0.3 is 23.9 Å². The van der Waals surface area contributed by atoms with Gasteiger partial charge in [0.15, 0.2) is 24.5 Å². The Morgan fingerprint density at radius 2 is 1.53 bits per heavy atom. The minimum atomic E-state index is -1.37. The van der Waals surface area contributed by atoms with Gasteiger partial charge in [0.25, 0.3) is 0 Å². The predicted octanol–water partition coefficient (Wildman–Crippen LogP) is 3.51. The molecule has 228 valence electrons. The number of nitriles is 1. The molecule has 2 aliphatic rings. The Labute approximate surface area is 253 Å². The number of rotatable bonds is 8. The molecule has 43 heavy (non-hydrogen) atoms. The summed E-state index contributed by atoms with van der Waals surface area (Å²) < 4.78 is 35.4. The average molecular weight is 613 g/mol. The second-order valence-corrected chi connectivity index (χ2v) is 10.5. The molecule has 1 saturated heterocycles. The van der Waals surface area contributed by atoms with Crippen molar-refractivity contribution in [3.05, 3.63) is 45.7 Å². The summed E-state index contributed by atoms with van der Waals surface area (Å²) in [5.74, 6) is -2.17. The fourth-order valence-electron chi connectivity index (χ4n) is 5.63. The number of fused-ring (bicyclic) bond motifs is 1. The van der Waals surface area contributed by atoms with E-state index in [2.05, 4.69) is 6.07 Å². The molecule has 2 aromatic rings. The molecule has 12 nitrogen and oxygen atoms in total. The number of carbonyl (C=O) groups is 4. The lowest BCUT2D eigenvalue weighted by atomic mass is 9.93. The van der Waals surface area contributed by atoms with Gasteiger partial charge in [-0.05, 0) is 42.5 Å². The van der Waals surface area contributed by atoms with Crippen molar-refractivity contribution >= 4 is 36.1 Å². The predicted molar refractivity (Wildman–Crippen MR) is 151 cm³/mol. The SMILES string of the molecule is COc1ccc(-c2c3c(n([C@@H]4O[C@H](COC(C)=O)[C@@H](OC(C)=O)[C@H](OC(C)=O)[C@H]4OC(C)=O)c(=S)c2C#N)CCC3)cc1. The van der Waals surface area contributed by atoms with Gasteiger partial charge in [-0.25, -0.2) is 0 Å². The smallest absolute Gasteiger partial charge is 0.303 e. The Morgan fingerprint density at radius 3 is 2.09 bits per heavy atom. The first kappa shape index (κ1) is 31.7. The number of nitrogens with zero attached hydrogens (tertiary/aromatic N) is 2. The second-order valence-electron chi connectivity index (χ2n) is 10.1. The summed E-state index contributed by atoms with van der Waals surface area (Å²) >= 11 is 5.90. The number of pyridine rings is 1. The van der Waals surface area contributed by atoms with E-state index in [0.717, 1.165) is 37.1 Å². The number of benzene rings is 1. The van der Waals surface area contributed by atoms with E-state index in [1.165, 1.54) is 13.8 Å². The highest BCUT2D eigenvalue weighted by Crippen LogP contribution is 2.42. The van der Waals surface area contributed by atoms with Crippen molar-refractivity contribution in [3.8, 4) is 22.9 Å². The molecule has 0 N–H and O–H groups in total. The van der Waals surface area contributed by atoms with Gasteiger partial charge in [0.2, 0.25) is 0 Å². The molecule has 0 radical (unpaired) electrons. The summed E-state index contributed by atoms with van der Waals surface area (Å²) in [6.07, 6.45) is -4.49. The van der Waals surface area contributed by atoms with E-state index in [1.807, 2.05) is 12.1 Å². The normalized spacial score (nSPS) is 22.5. The van der Waals surface area contributed by atoms with Crippen molar-refractivity contribution in [3.63, 3.8) is 0 Å². The maximum Gasteiger partial charge on any atom is 0.303 e. The number of hydrogen-bond donors (Lipinski definition) is 0. The third kappa shape index (κ3) is 6.71. The molecule has 0 amide bonds. The van der Waals surface area contributed by atoms with Gasteiger partial charge in [0.05, 0.1) is 12.7 Å². The lowest BCUT2D eigenvalue weighted by molar-refractivity contribution is -0.269. The van der Waals surface area contributed by atoms with E-state index in [-0.39, 0.29) is 16.8 Å². The molecule has 1 aliphatic carbocycles. The van der Waals surface area contributed by atoms with Crippen molar-refractivity contribution in [1.82, 2.24) is 4.57 Å². The van der Waals surface area contributed by atoms with Gasteiger partial charge in [-0.1, -0.05) is 24.4 Å². The lowest BCUT2D eigenvalue weighted by Crippen LogP contribution is -2.60. The topological polar surface area (TPSA) is 152 Å². The molecule has 0 unspecified atom stereocenters. The standard InChI is InChI=1S/C30H32N2O10S/c1-15(33)38-14-24-26(39-16(2)34)27(40-17(3)35)28(41-18(4)36)29(42-24)32-23-8-6-7-21(23)25(22(13-31)30(32)43)19-9-11-20(37-5)12-10-19/h9-12,24,26-29H,6-8,14H2,1-5H3/t24-,26-,27+,28-,29-/m1/s1. The van der Waals surface area contributed by atoms with E-state index in [9.17, 15) is 24.4 Å². The summed E-state index contributed by atoms with van der Waals surface area (Å²) in [7, 11) is 1.56. The van der Waals surface area contributed by atoms with Crippen molar-refractivity contribution in [2.24, 2.45) is 0 Å². The van der Waals surface area contributed by atoms with E-state index in [1.54, 1.807) is 23.8 Å². The van der Waals surface area contributed by atoms with Gasteiger partial charge < -0.3 is 33.0 Å². The average Bonchev–Trinajstić information content (AvgIpc) is 3.42.